The van der Waals surface area contributed by atoms with Gasteiger partial charge in [0.25, 0.3) is 5.91 Å². The van der Waals surface area contributed by atoms with E-state index in [0.29, 0.717) is 38.0 Å². The SMILES string of the molecule is CCn1cc(C(=O)NCCCN2CCCC2=O)c(=O)c2cc(S(=O)(=O)N(C)C)ccc21. The van der Waals surface area contributed by atoms with Crippen molar-refractivity contribution in [1.82, 2.24) is 19.1 Å². The molecule has 0 radical (unpaired) electrons. The van der Waals surface area contributed by atoms with E-state index in [0.717, 1.165) is 17.3 Å². The Bertz CT molecular complexity index is 1170. The molecule has 2 aromatic rings. The fourth-order valence-electron chi connectivity index (χ4n) is 3.68. The van der Waals surface area contributed by atoms with Crippen molar-refractivity contribution in [3.63, 3.8) is 0 Å². The maximum atomic E-state index is 13.0. The summed E-state index contributed by atoms with van der Waals surface area (Å²) in [5, 5.41) is 2.92. The van der Waals surface area contributed by atoms with Crippen LogP contribution >= 0.6 is 0 Å². The fourth-order valence-corrected chi connectivity index (χ4v) is 4.61. The molecule has 31 heavy (non-hydrogen) atoms. The lowest BCUT2D eigenvalue weighted by Crippen LogP contribution is -2.33. The summed E-state index contributed by atoms with van der Waals surface area (Å²) in [6, 6.07) is 4.38. The summed E-state index contributed by atoms with van der Waals surface area (Å²) < 4.78 is 27.8. The molecule has 1 aromatic heterocycles. The molecular formula is C21H28N4O5S. The molecule has 2 amide bonds. The maximum absolute atomic E-state index is 13.0. The summed E-state index contributed by atoms with van der Waals surface area (Å²) in [6.45, 7) is 4.04. The van der Waals surface area contributed by atoms with Gasteiger partial charge >= 0.3 is 0 Å². The van der Waals surface area contributed by atoms with Gasteiger partial charge in [-0.05, 0) is 38.0 Å². The Hall–Kier alpha value is -2.72. The summed E-state index contributed by atoms with van der Waals surface area (Å²) in [4.78, 5) is 39.2. The third-order valence-electron chi connectivity index (χ3n) is 5.48. The van der Waals surface area contributed by atoms with E-state index in [4.69, 9.17) is 0 Å². The van der Waals surface area contributed by atoms with Gasteiger partial charge < -0.3 is 14.8 Å². The molecule has 1 aromatic carbocycles. The van der Waals surface area contributed by atoms with Crippen molar-refractivity contribution < 1.29 is 18.0 Å². The van der Waals surface area contributed by atoms with Gasteiger partial charge in [0.2, 0.25) is 21.4 Å². The number of hydrogen-bond donors (Lipinski definition) is 1. The molecule has 1 saturated heterocycles. The number of fused-ring (bicyclic) bond motifs is 1. The van der Waals surface area contributed by atoms with Crippen LogP contribution in [0, 0.1) is 0 Å². The molecule has 0 spiro atoms. The molecule has 1 fully saturated rings. The zero-order valence-corrected chi connectivity index (χ0v) is 18.9. The number of pyridine rings is 1. The van der Waals surface area contributed by atoms with Crippen molar-refractivity contribution >= 4 is 32.7 Å². The highest BCUT2D eigenvalue weighted by Gasteiger charge is 2.22. The van der Waals surface area contributed by atoms with Gasteiger partial charge in [-0.2, -0.15) is 0 Å². The van der Waals surface area contributed by atoms with Gasteiger partial charge in [0, 0.05) is 58.3 Å². The van der Waals surface area contributed by atoms with Gasteiger partial charge in [0.05, 0.1) is 10.4 Å². The van der Waals surface area contributed by atoms with E-state index >= 15 is 0 Å². The van der Waals surface area contributed by atoms with Crippen LogP contribution in [0.5, 0.6) is 0 Å². The van der Waals surface area contributed by atoms with Crippen LogP contribution in [0.25, 0.3) is 10.9 Å². The number of carbonyl (C=O) groups excluding carboxylic acids is 2. The lowest BCUT2D eigenvalue weighted by atomic mass is 10.1. The van der Waals surface area contributed by atoms with Gasteiger partial charge in [-0.3, -0.25) is 14.4 Å². The zero-order chi connectivity index (χ0) is 22.8. The van der Waals surface area contributed by atoms with E-state index in [1.807, 2.05) is 6.92 Å². The Morgan fingerprint density at radius 3 is 2.58 bits per heavy atom. The van der Waals surface area contributed by atoms with Crippen molar-refractivity contribution in [2.75, 3.05) is 33.7 Å². The molecule has 0 bridgehead atoms. The summed E-state index contributed by atoms with van der Waals surface area (Å²) in [6.07, 6.45) is 3.54. The standard InChI is InChI=1S/C21H28N4O5S/c1-4-24-14-17(21(28)22-10-6-12-25-11-5-7-19(25)26)20(27)16-13-15(8-9-18(16)24)31(29,30)23(2)3/h8-9,13-14H,4-7,10-12H2,1-3H3,(H,22,28). The molecular weight excluding hydrogens is 420 g/mol. The van der Waals surface area contributed by atoms with Crippen LogP contribution in [-0.4, -0.2) is 67.7 Å². The predicted molar refractivity (Wildman–Crippen MR) is 118 cm³/mol. The molecule has 1 aliphatic rings. The van der Waals surface area contributed by atoms with Crippen LogP contribution < -0.4 is 10.7 Å². The van der Waals surface area contributed by atoms with Crippen molar-refractivity contribution in [3.05, 3.63) is 40.2 Å². The number of hydrogen-bond acceptors (Lipinski definition) is 5. The summed E-state index contributed by atoms with van der Waals surface area (Å²) in [5.74, 6) is -0.377. The van der Waals surface area contributed by atoms with E-state index in [2.05, 4.69) is 5.32 Å². The molecule has 0 unspecified atom stereocenters. The van der Waals surface area contributed by atoms with E-state index in [9.17, 15) is 22.8 Å². The number of rotatable bonds is 8. The number of carbonyl (C=O) groups is 2. The van der Waals surface area contributed by atoms with Crippen molar-refractivity contribution in [3.8, 4) is 0 Å². The topological polar surface area (TPSA) is 109 Å². The number of aryl methyl sites for hydroxylation is 1. The van der Waals surface area contributed by atoms with Gasteiger partial charge in [0.15, 0.2) is 0 Å². The first-order chi connectivity index (χ1) is 14.7. The second kappa shape index (κ2) is 9.19. The van der Waals surface area contributed by atoms with E-state index in [-0.39, 0.29) is 21.8 Å². The lowest BCUT2D eigenvalue weighted by molar-refractivity contribution is -0.127. The quantitative estimate of drug-likeness (QED) is 0.607. The smallest absolute Gasteiger partial charge is 0.256 e. The number of benzene rings is 1. The third-order valence-corrected chi connectivity index (χ3v) is 7.29. The van der Waals surface area contributed by atoms with E-state index < -0.39 is 21.4 Å². The summed E-state index contributed by atoms with van der Waals surface area (Å²) in [7, 11) is -0.875. The highest BCUT2D eigenvalue weighted by molar-refractivity contribution is 7.89. The molecule has 0 saturated carbocycles. The number of sulfonamides is 1. The summed E-state index contributed by atoms with van der Waals surface area (Å²) in [5.41, 5.74) is 0.0167. The number of likely N-dealkylation sites (tertiary alicyclic amines) is 1. The Morgan fingerprint density at radius 2 is 1.97 bits per heavy atom. The first-order valence-corrected chi connectivity index (χ1v) is 11.8. The first kappa shape index (κ1) is 23.0. The van der Waals surface area contributed by atoms with Crippen LogP contribution in [0.4, 0.5) is 0 Å². The second-order valence-corrected chi connectivity index (χ2v) is 9.87. The van der Waals surface area contributed by atoms with Crippen LogP contribution in [0.3, 0.4) is 0 Å². The van der Waals surface area contributed by atoms with Gasteiger partial charge in [-0.1, -0.05) is 0 Å². The van der Waals surface area contributed by atoms with E-state index in [1.54, 1.807) is 15.5 Å². The maximum Gasteiger partial charge on any atom is 0.256 e. The van der Waals surface area contributed by atoms with Crippen LogP contribution in [-0.2, 0) is 21.4 Å². The van der Waals surface area contributed by atoms with Crippen molar-refractivity contribution in [2.45, 2.75) is 37.6 Å². The Kier molecular flexibility index (Phi) is 6.80. The minimum Gasteiger partial charge on any atom is -0.352 e. The molecule has 3 rings (SSSR count). The summed E-state index contributed by atoms with van der Waals surface area (Å²) >= 11 is 0. The van der Waals surface area contributed by atoms with Gasteiger partial charge in [0.1, 0.15) is 5.56 Å². The normalized spacial score (nSPS) is 14.6. The Morgan fingerprint density at radius 1 is 1.23 bits per heavy atom. The fraction of sp³-hybridized carbons (Fsp3) is 0.476. The van der Waals surface area contributed by atoms with E-state index in [1.165, 1.54) is 32.4 Å². The molecule has 168 valence electrons. The molecule has 0 aliphatic carbocycles. The van der Waals surface area contributed by atoms with Crippen LogP contribution in [0.15, 0.2) is 34.1 Å². The average molecular weight is 449 g/mol. The molecule has 10 heteroatoms. The monoisotopic (exact) mass is 448 g/mol. The largest absolute Gasteiger partial charge is 0.352 e. The van der Waals surface area contributed by atoms with Crippen LogP contribution in [0.1, 0.15) is 36.5 Å². The molecule has 1 aliphatic heterocycles. The third kappa shape index (κ3) is 4.64. The number of amides is 2. The minimum absolute atomic E-state index is 0.00223. The predicted octanol–water partition coefficient (Wildman–Crippen LogP) is 1.01. The van der Waals surface area contributed by atoms with Gasteiger partial charge in [-0.15, -0.1) is 0 Å². The van der Waals surface area contributed by atoms with Crippen LogP contribution in [0.2, 0.25) is 0 Å². The number of aromatic nitrogens is 1. The highest BCUT2D eigenvalue weighted by atomic mass is 32.2. The molecule has 2 heterocycles. The zero-order valence-electron chi connectivity index (χ0n) is 18.1. The number of nitrogens with one attached hydrogen (secondary N) is 1. The van der Waals surface area contributed by atoms with Gasteiger partial charge in [-0.25, -0.2) is 12.7 Å². The van der Waals surface area contributed by atoms with Crippen molar-refractivity contribution in [1.29, 1.82) is 0 Å². The lowest BCUT2D eigenvalue weighted by Gasteiger charge is -2.16. The Balaban J connectivity index is 1.85. The molecule has 1 N–H and O–H groups in total. The minimum atomic E-state index is -3.72. The van der Waals surface area contributed by atoms with Crippen molar-refractivity contribution in [2.24, 2.45) is 0 Å². The highest BCUT2D eigenvalue weighted by Crippen LogP contribution is 2.20. The molecule has 9 nitrogen and oxygen atoms in total. The number of nitrogens with zero attached hydrogens (tertiary/aromatic N) is 3. The second-order valence-electron chi connectivity index (χ2n) is 7.72. The first-order valence-electron chi connectivity index (χ1n) is 10.3. The Labute approximate surface area is 181 Å². The average Bonchev–Trinajstić information content (AvgIpc) is 3.15. The molecule has 0 atom stereocenters.